The van der Waals surface area contributed by atoms with E-state index in [1.54, 1.807) is 37.5 Å². The van der Waals surface area contributed by atoms with E-state index >= 15 is 0 Å². The van der Waals surface area contributed by atoms with Crippen molar-refractivity contribution in [2.24, 2.45) is 0 Å². The first kappa shape index (κ1) is 22.1. The monoisotopic (exact) mass is 436 g/mol. The topological polar surface area (TPSA) is 76.7 Å². The molecule has 0 atom stereocenters. The number of carbonyl (C=O) groups excluding carboxylic acids is 2. The Bertz CT molecular complexity index is 1040. The molecule has 0 bridgehead atoms. The van der Waals surface area contributed by atoms with Gasteiger partial charge in [-0.05, 0) is 66.4 Å². The van der Waals surface area contributed by atoms with Gasteiger partial charge in [-0.25, -0.2) is 0 Å². The van der Waals surface area contributed by atoms with E-state index in [2.05, 4.69) is 10.6 Å². The van der Waals surface area contributed by atoms with Crippen molar-refractivity contribution in [2.45, 2.75) is 6.92 Å². The van der Waals surface area contributed by atoms with Crippen LogP contribution in [-0.4, -0.2) is 32.1 Å². The van der Waals surface area contributed by atoms with Gasteiger partial charge >= 0.3 is 0 Å². The van der Waals surface area contributed by atoms with Gasteiger partial charge in [0, 0.05) is 10.4 Å². The summed E-state index contributed by atoms with van der Waals surface area (Å²) in [7, 11) is 1.56. The molecule has 6 nitrogen and oxygen atoms in total. The predicted molar refractivity (Wildman–Crippen MR) is 122 cm³/mol. The lowest BCUT2D eigenvalue weighted by atomic mass is 10.2. The Morgan fingerprint density at radius 1 is 1.03 bits per heavy atom. The van der Waals surface area contributed by atoms with Crippen molar-refractivity contribution in [2.75, 3.05) is 20.3 Å². The van der Waals surface area contributed by atoms with Crippen molar-refractivity contribution < 1.29 is 19.1 Å². The van der Waals surface area contributed by atoms with Crippen molar-refractivity contribution in [3.63, 3.8) is 0 Å². The summed E-state index contributed by atoms with van der Waals surface area (Å²) in [6, 6.07) is 18.1. The highest BCUT2D eigenvalue weighted by molar-refractivity contribution is 7.10. The average Bonchev–Trinajstić information content (AvgIpc) is 3.29. The Hall–Kier alpha value is -3.58. The minimum Gasteiger partial charge on any atom is -0.497 e. The van der Waals surface area contributed by atoms with E-state index in [1.165, 1.54) is 11.3 Å². The fraction of sp³-hybridized carbons (Fsp3) is 0.167. The van der Waals surface area contributed by atoms with Crippen molar-refractivity contribution in [1.29, 1.82) is 0 Å². The van der Waals surface area contributed by atoms with Crippen LogP contribution in [0, 0.1) is 6.92 Å². The SMILES string of the molecule is COc1ccc(C(=O)N/C(=C\c2cccs2)C(=O)NCCOc2cccc(C)c2)cc1. The number of thiophene rings is 1. The highest BCUT2D eigenvalue weighted by Crippen LogP contribution is 2.15. The number of methoxy groups -OCH3 is 1. The summed E-state index contributed by atoms with van der Waals surface area (Å²) in [6.07, 6.45) is 1.66. The molecule has 0 saturated heterocycles. The maximum absolute atomic E-state index is 12.7. The molecule has 3 aromatic rings. The number of nitrogens with one attached hydrogen (secondary N) is 2. The second-order valence-electron chi connectivity index (χ2n) is 6.68. The molecule has 2 N–H and O–H groups in total. The zero-order chi connectivity index (χ0) is 22.1. The molecule has 7 heteroatoms. The van der Waals surface area contributed by atoms with E-state index in [0.29, 0.717) is 24.5 Å². The minimum atomic E-state index is -0.386. The maximum atomic E-state index is 12.7. The van der Waals surface area contributed by atoms with Gasteiger partial charge in [0.15, 0.2) is 0 Å². The van der Waals surface area contributed by atoms with Crippen LogP contribution in [0.2, 0.25) is 0 Å². The summed E-state index contributed by atoms with van der Waals surface area (Å²) < 4.78 is 10.8. The number of benzene rings is 2. The number of ether oxygens (including phenoxy) is 2. The number of hydrogen-bond acceptors (Lipinski definition) is 5. The molecule has 160 valence electrons. The predicted octanol–water partition coefficient (Wildman–Crippen LogP) is 4.03. The van der Waals surface area contributed by atoms with E-state index in [9.17, 15) is 9.59 Å². The number of rotatable bonds is 9. The molecule has 1 heterocycles. The van der Waals surface area contributed by atoms with Crippen LogP contribution >= 0.6 is 11.3 Å². The molecule has 1 aromatic heterocycles. The number of hydrogen-bond donors (Lipinski definition) is 2. The molecular weight excluding hydrogens is 412 g/mol. The third-order valence-corrected chi connectivity index (χ3v) is 5.14. The number of carbonyl (C=O) groups is 2. The fourth-order valence-corrected chi connectivity index (χ4v) is 3.40. The summed E-state index contributed by atoms with van der Waals surface area (Å²) in [5.74, 6) is 0.633. The lowest BCUT2D eigenvalue weighted by Crippen LogP contribution is -2.36. The van der Waals surface area contributed by atoms with Gasteiger partial charge in [-0.3, -0.25) is 9.59 Å². The third kappa shape index (κ3) is 6.72. The molecule has 0 aliphatic rings. The van der Waals surface area contributed by atoms with Gasteiger partial charge in [0.25, 0.3) is 11.8 Å². The molecule has 0 unspecified atom stereocenters. The van der Waals surface area contributed by atoms with Crippen molar-refractivity contribution in [3.05, 3.63) is 87.7 Å². The van der Waals surface area contributed by atoms with Gasteiger partial charge < -0.3 is 20.1 Å². The Morgan fingerprint density at radius 3 is 2.52 bits per heavy atom. The maximum Gasteiger partial charge on any atom is 0.267 e. The first-order chi connectivity index (χ1) is 15.0. The summed E-state index contributed by atoms with van der Waals surface area (Å²) in [6.45, 7) is 2.60. The van der Waals surface area contributed by atoms with Crippen LogP contribution in [0.1, 0.15) is 20.8 Å². The van der Waals surface area contributed by atoms with Crippen LogP contribution in [0.4, 0.5) is 0 Å². The lowest BCUT2D eigenvalue weighted by Gasteiger charge is -2.12. The van der Waals surface area contributed by atoms with Gasteiger partial charge in [-0.1, -0.05) is 18.2 Å². The Kier molecular flexibility index (Phi) is 7.84. The number of amides is 2. The molecular formula is C24H24N2O4S. The van der Waals surface area contributed by atoms with E-state index in [-0.39, 0.29) is 17.5 Å². The van der Waals surface area contributed by atoms with Gasteiger partial charge in [0.05, 0.1) is 13.7 Å². The molecule has 0 fully saturated rings. The number of aryl methyl sites for hydroxylation is 1. The van der Waals surface area contributed by atoms with E-state index in [1.807, 2.05) is 48.7 Å². The molecule has 0 aliphatic carbocycles. The van der Waals surface area contributed by atoms with Crippen LogP contribution in [0.15, 0.2) is 71.7 Å². The largest absolute Gasteiger partial charge is 0.497 e. The van der Waals surface area contributed by atoms with E-state index in [4.69, 9.17) is 9.47 Å². The smallest absolute Gasteiger partial charge is 0.267 e. The van der Waals surface area contributed by atoms with Crippen LogP contribution in [0.5, 0.6) is 11.5 Å². The van der Waals surface area contributed by atoms with Gasteiger partial charge in [0.1, 0.15) is 23.8 Å². The minimum absolute atomic E-state index is 0.166. The fourth-order valence-electron chi connectivity index (χ4n) is 2.74. The average molecular weight is 437 g/mol. The molecule has 31 heavy (non-hydrogen) atoms. The Morgan fingerprint density at radius 2 is 1.84 bits per heavy atom. The van der Waals surface area contributed by atoms with Gasteiger partial charge in [-0.2, -0.15) is 0 Å². The quantitative estimate of drug-likeness (QED) is 0.392. The Balaban J connectivity index is 1.62. The lowest BCUT2D eigenvalue weighted by molar-refractivity contribution is -0.117. The molecule has 0 radical (unpaired) electrons. The van der Waals surface area contributed by atoms with Crippen LogP contribution in [-0.2, 0) is 4.79 Å². The first-order valence-electron chi connectivity index (χ1n) is 9.73. The molecule has 3 rings (SSSR count). The molecule has 0 aliphatic heterocycles. The summed E-state index contributed by atoms with van der Waals surface area (Å²) in [4.78, 5) is 26.2. The third-order valence-electron chi connectivity index (χ3n) is 4.32. The van der Waals surface area contributed by atoms with E-state index < -0.39 is 0 Å². The highest BCUT2D eigenvalue weighted by Gasteiger charge is 2.15. The first-order valence-corrected chi connectivity index (χ1v) is 10.6. The van der Waals surface area contributed by atoms with Gasteiger partial charge in [-0.15, -0.1) is 11.3 Å². The van der Waals surface area contributed by atoms with Crippen LogP contribution in [0.25, 0.3) is 6.08 Å². The molecule has 0 spiro atoms. The highest BCUT2D eigenvalue weighted by atomic mass is 32.1. The van der Waals surface area contributed by atoms with Crippen LogP contribution < -0.4 is 20.1 Å². The van der Waals surface area contributed by atoms with Crippen molar-refractivity contribution >= 4 is 29.2 Å². The van der Waals surface area contributed by atoms with Crippen LogP contribution in [0.3, 0.4) is 0 Å². The standard InChI is InChI=1S/C24H24N2O4S/c1-17-5-3-6-20(15-17)30-13-12-25-24(28)22(16-21-7-4-14-31-21)26-23(27)18-8-10-19(29-2)11-9-18/h3-11,14-16H,12-13H2,1-2H3,(H,25,28)(H,26,27)/b22-16-. The zero-order valence-electron chi connectivity index (χ0n) is 17.4. The normalized spacial score (nSPS) is 11.0. The summed E-state index contributed by atoms with van der Waals surface area (Å²) in [5.41, 5.74) is 1.69. The summed E-state index contributed by atoms with van der Waals surface area (Å²) >= 11 is 1.47. The summed E-state index contributed by atoms with van der Waals surface area (Å²) in [5, 5.41) is 7.41. The van der Waals surface area contributed by atoms with Crippen molar-refractivity contribution in [3.8, 4) is 11.5 Å². The molecule has 0 saturated carbocycles. The second-order valence-corrected chi connectivity index (χ2v) is 7.66. The van der Waals surface area contributed by atoms with Crippen molar-refractivity contribution in [1.82, 2.24) is 10.6 Å². The second kappa shape index (κ2) is 11.0. The molecule has 2 amide bonds. The van der Waals surface area contributed by atoms with Gasteiger partial charge in [0.2, 0.25) is 0 Å². The zero-order valence-corrected chi connectivity index (χ0v) is 18.2. The van der Waals surface area contributed by atoms with E-state index in [0.717, 1.165) is 16.2 Å². The molecule has 2 aromatic carbocycles. The Labute approximate surface area is 185 Å².